The van der Waals surface area contributed by atoms with Gasteiger partial charge < -0.3 is 15.0 Å². The van der Waals surface area contributed by atoms with E-state index in [0.717, 1.165) is 35.6 Å². The first-order valence-corrected chi connectivity index (χ1v) is 15.6. The monoisotopic (exact) mass is 615 g/mol. The maximum absolute atomic E-state index is 14.7. The largest absolute Gasteiger partial charge is 0.495 e. The van der Waals surface area contributed by atoms with Crippen molar-refractivity contribution in [2.45, 2.75) is 63.1 Å². The number of anilines is 1. The van der Waals surface area contributed by atoms with Crippen molar-refractivity contribution in [1.82, 2.24) is 10.2 Å². The van der Waals surface area contributed by atoms with Crippen LogP contribution in [-0.4, -0.2) is 50.9 Å². The van der Waals surface area contributed by atoms with Crippen LogP contribution in [0.25, 0.3) is 0 Å². The van der Waals surface area contributed by atoms with E-state index in [2.05, 4.69) is 5.32 Å². The number of amides is 2. The highest BCUT2D eigenvalue weighted by Gasteiger charge is 2.35. The van der Waals surface area contributed by atoms with Crippen molar-refractivity contribution in [3.8, 4) is 5.75 Å². The number of nitrogens with one attached hydrogen (secondary N) is 1. The quantitative estimate of drug-likeness (QED) is 0.309. The number of methoxy groups -OCH3 is 1. The number of sulfonamides is 1. The predicted molar refractivity (Wildman–Crippen MR) is 161 cm³/mol. The number of halogens is 2. The highest BCUT2D eigenvalue weighted by molar-refractivity contribution is 7.92. The van der Waals surface area contributed by atoms with Gasteiger partial charge in [-0.15, -0.1) is 0 Å². The Morgan fingerprint density at radius 3 is 2.38 bits per heavy atom. The van der Waals surface area contributed by atoms with Crippen molar-refractivity contribution in [2.24, 2.45) is 0 Å². The molecule has 11 heteroatoms. The Labute approximate surface area is 251 Å². The van der Waals surface area contributed by atoms with E-state index in [9.17, 15) is 22.4 Å². The van der Waals surface area contributed by atoms with Gasteiger partial charge in [0.2, 0.25) is 11.8 Å². The van der Waals surface area contributed by atoms with Gasteiger partial charge in [0, 0.05) is 23.2 Å². The van der Waals surface area contributed by atoms with Crippen LogP contribution in [-0.2, 0) is 26.2 Å². The Bertz CT molecular complexity index is 1530. The van der Waals surface area contributed by atoms with Crippen LogP contribution < -0.4 is 14.4 Å². The topological polar surface area (TPSA) is 96.0 Å². The molecule has 1 aliphatic rings. The minimum absolute atomic E-state index is 0.000464. The van der Waals surface area contributed by atoms with E-state index in [-0.39, 0.29) is 45.4 Å². The number of hydrogen-bond donors (Lipinski definition) is 1. The SMILES string of the molecule is COc1ccc(Cl)cc1N(CC(=O)N(Cc1ccccc1F)C(C)C(=O)NC1CCCC1)S(=O)(=O)c1ccc(C)cc1. The van der Waals surface area contributed by atoms with Crippen molar-refractivity contribution in [2.75, 3.05) is 18.0 Å². The van der Waals surface area contributed by atoms with Crippen molar-refractivity contribution in [3.63, 3.8) is 0 Å². The average Bonchev–Trinajstić information content (AvgIpc) is 3.48. The Morgan fingerprint density at radius 2 is 1.74 bits per heavy atom. The van der Waals surface area contributed by atoms with Gasteiger partial charge in [-0.05, 0) is 63.1 Å². The molecule has 42 heavy (non-hydrogen) atoms. The van der Waals surface area contributed by atoms with Crippen LogP contribution in [0.3, 0.4) is 0 Å². The Balaban J connectivity index is 1.75. The molecule has 0 aromatic heterocycles. The van der Waals surface area contributed by atoms with E-state index in [4.69, 9.17) is 16.3 Å². The second kappa shape index (κ2) is 13.6. The van der Waals surface area contributed by atoms with Crippen molar-refractivity contribution in [1.29, 1.82) is 0 Å². The normalized spacial score (nSPS) is 14.3. The first kappa shape index (κ1) is 31.3. The van der Waals surface area contributed by atoms with Gasteiger partial charge >= 0.3 is 0 Å². The van der Waals surface area contributed by atoms with Crippen LogP contribution >= 0.6 is 11.6 Å². The molecule has 1 atom stereocenters. The standard InChI is InChI=1S/C31H35ClFN3O5S/c1-21-12-15-26(16-13-21)42(39,40)36(28-18-24(32)14-17-29(28)41-3)20-30(37)35(19-23-8-4-7-11-27(23)33)22(2)31(38)34-25-9-5-6-10-25/h4,7-8,11-18,22,25H,5-6,9-10,19-20H2,1-3H3,(H,34,38). The molecule has 4 rings (SSSR count). The van der Waals surface area contributed by atoms with E-state index in [0.29, 0.717) is 0 Å². The van der Waals surface area contributed by atoms with Crippen LogP contribution in [0, 0.1) is 12.7 Å². The average molecular weight is 616 g/mol. The maximum Gasteiger partial charge on any atom is 0.264 e. The summed E-state index contributed by atoms with van der Waals surface area (Å²) in [4.78, 5) is 28.5. The van der Waals surface area contributed by atoms with Gasteiger partial charge in [0.05, 0.1) is 17.7 Å². The van der Waals surface area contributed by atoms with E-state index in [1.54, 1.807) is 31.2 Å². The van der Waals surface area contributed by atoms with Gasteiger partial charge in [-0.2, -0.15) is 0 Å². The molecule has 0 saturated heterocycles. The van der Waals surface area contributed by atoms with Crippen LogP contribution in [0.4, 0.5) is 10.1 Å². The zero-order chi connectivity index (χ0) is 30.4. The molecule has 8 nitrogen and oxygen atoms in total. The van der Waals surface area contributed by atoms with Crippen molar-refractivity contribution >= 4 is 39.1 Å². The highest BCUT2D eigenvalue weighted by Crippen LogP contribution is 2.35. The van der Waals surface area contributed by atoms with Crippen LogP contribution in [0.1, 0.15) is 43.7 Å². The predicted octanol–water partition coefficient (Wildman–Crippen LogP) is 5.47. The second-order valence-electron chi connectivity index (χ2n) is 10.4. The summed E-state index contributed by atoms with van der Waals surface area (Å²) < 4.78 is 49.2. The second-order valence-corrected chi connectivity index (χ2v) is 12.7. The summed E-state index contributed by atoms with van der Waals surface area (Å²) in [5.74, 6) is -1.46. The van der Waals surface area contributed by atoms with Crippen LogP contribution in [0.2, 0.25) is 5.02 Å². The molecule has 0 radical (unpaired) electrons. The van der Waals surface area contributed by atoms with Gasteiger partial charge in [-0.25, -0.2) is 12.8 Å². The number of rotatable bonds is 11. The number of nitrogens with zero attached hydrogens (tertiary/aromatic N) is 2. The smallest absolute Gasteiger partial charge is 0.264 e. The molecule has 0 spiro atoms. The maximum atomic E-state index is 14.7. The number of hydrogen-bond acceptors (Lipinski definition) is 5. The highest BCUT2D eigenvalue weighted by atomic mass is 35.5. The molecular formula is C31H35ClFN3O5S. The summed E-state index contributed by atoms with van der Waals surface area (Å²) >= 11 is 6.26. The molecule has 3 aromatic carbocycles. The molecule has 1 saturated carbocycles. The van der Waals surface area contributed by atoms with Gasteiger partial charge in [0.25, 0.3) is 10.0 Å². The fraction of sp³-hybridized carbons (Fsp3) is 0.355. The summed E-state index contributed by atoms with van der Waals surface area (Å²) in [7, 11) is -2.94. The lowest BCUT2D eigenvalue weighted by atomic mass is 10.1. The molecule has 224 valence electrons. The summed E-state index contributed by atoms with van der Waals surface area (Å²) in [5.41, 5.74) is 1.10. The summed E-state index contributed by atoms with van der Waals surface area (Å²) in [6.07, 6.45) is 3.70. The van der Waals surface area contributed by atoms with Crippen molar-refractivity contribution < 1.29 is 27.1 Å². The molecule has 2 amide bonds. The van der Waals surface area contributed by atoms with Gasteiger partial charge in [0.15, 0.2) is 0 Å². The minimum Gasteiger partial charge on any atom is -0.495 e. The minimum atomic E-state index is -4.32. The van der Waals surface area contributed by atoms with Gasteiger partial charge in [-0.3, -0.25) is 13.9 Å². The lowest BCUT2D eigenvalue weighted by molar-refractivity contribution is -0.139. The molecule has 1 fully saturated rings. The molecule has 0 bridgehead atoms. The molecule has 3 aromatic rings. The lowest BCUT2D eigenvalue weighted by Crippen LogP contribution is -2.52. The van der Waals surface area contributed by atoms with Crippen molar-refractivity contribution in [3.05, 3.63) is 88.7 Å². The lowest BCUT2D eigenvalue weighted by Gasteiger charge is -2.33. The van der Waals surface area contributed by atoms with E-state index in [1.807, 2.05) is 6.92 Å². The number of ether oxygens (including phenoxy) is 1. The molecule has 0 heterocycles. The van der Waals surface area contributed by atoms with E-state index < -0.39 is 34.3 Å². The number of aryl methyl sites for hydroxylation is 1. The fourth-order valence-corrected chi connectivity index (χ4v) is 6.58. The third kappa shape index (κ3) is 7.22. The molecule has 0 aliphatic heterocycles. The van der Waals surface area contributed by atoms with E-state index in [1.165, 1.54) is 54.5 Å². The first-order valence-electron chi connectivity index (χ1n) is 13.8. The zero-order valence-corrected chi connectivity index (χ0v) is 25.4. The molecular weight excluding hydrogens is 581 g/mol. The Morgan fingerprint density at radius 1 is 1.07 bits per heavy atom. The fourth-order valence-electron chi connectivity index (χ4n) is 4.99. The Kier molecular flexibility index (Phi) is 10.1. The summed E-state index contributed by atoms with van der Waals surface area (Å²) in [5, 5.41) is 3.22. The Hall–Kier alpha value is -3.63. The number of carbonyl (C=O) groups is 2. The summed E-state index contributed by atoms with van der Waals surface area (Å²) in [6, 6.07) is 15.6. The van der Waals surface area contributed by atoms with Crippen LogP contribution in [0.5, 0.6) is 5.75 Å². The van der Waals surface area contributed by atoms with Gasteiger partial charge in [-0.1, -0.05) is 60.3 Å². The molecule has 1 aliphatic carbocycles. The van der Waals surface area contributed by atoms with Gasteiger partial charge in [0.1, 0.15) is 24.2 Å². The third-order valence-electron chi connectivity index (χ3n) is 7.46. The number of benzene rings is 3. The number of carbonyl (C=O) groups excluding carboxylic acids is 2. The van der Waals surface area contributed by atoms with E-state index >= 15 is 0 Å². The molecule has 1 unspecified atom stereocenters. The zero-order valence-electron chi connectivity index (χ0n) is 23.8. The summed E-state index contributed by atoms with van der Waals surface area (Å²) in [6.45, 7) is 2.45. The van der Waals surface area contributed by atoms with Crippen LogP contribution in [0.15, 0.2) is 71.6 Å². The first-order chi connectivity index (χ1) is 20.0. The third-order valence-corrected chi connectivity index (χ3v) is 9.47. The molecule has 1 N–H and O–H groups in total.